The Morgan fingerprint density at radius 3 is 2.50 bits per heavy atom. The highest BCUT2D eigenvalue weighted by Gasteiger charge is 2.19. The molecule has 0 unspecified atom stereocenters. The van der Waals surface area contributed by atoms with Gasteiger partial charge in [0.25, 0.3) is 0 Å². The molecule has 0 aliphatic heterocycles. The number of hydrogen-bond donors (Lipinski definition) is 1. The predicted octanol–water partition coefficient (Wildman–Crippen LogP) is 3.53. The van der Waals surface area contributed by atoms with Crippen LogP contribution in [0.2, 0.25) is 0 Å². The lowest BCUT2D eigenvalue weighted by molar-refractivity contribution is 0.136. The molecule has 1 aliphatic rings. The highest BCUT2D eigenvalue weighted by Crippen LogP contribution is 2.30. The molecule has 0 amide bonds. The second-order valence-electron chi connectivity index (χ2n) is 5.04. The first kappa shape index (κ1) is 11.3. The molecule has 2 N–H and O–H groups in total. The Bertz CT molecular complexity index is 354. The summed E-state index contributed by atoms with van der Waals surface area (Å²) in [5.41, 5.74) is 7.89. The van der Waals surface area contributed by atoms with Crippen molar-refractivity contribution in [2.75, 3.05) is 5.73 Å². The smallest absolute Gasteiger partial charge is 0.142 e. The summed E-state index contributed by atoms with van der Waals surface area (Å²) in [6.07, 6.45) is 5.23. The Morgan fingerprint density at radius 2 is 1.88 bits per heavy atom. The number of nitrogens with two attached hydrogens (primary N) is 1. The van der Waals surface area contributed by atoms with Gasteiger partial charge in [0.1, 0.15) is 5.75 Å². The Labute approximate surface area is 97.8 Å². The molecule has 0 atom stereocenters. The lowest BCUT2D eigenvalue weighted by Gasteiger charge is -2.27. The van der Waals surface area contributed by atoms with Gasteiger partial charge < -0.3 is 10.5 Å². The molecule has 2 heteroatoms. The van der Waals surface area contributed by atoms with Crippen molar-refractivity contribution in [1.29, 1.82) is 0 Å². The fraction of sp³-hybridized carbons (Fsp3) is 0.571. The molecule has 1 fully saturated rings. The molecular formula is C14H21NO. The van der Waals surface area contributed by atoms with Crippen molar-refractivity contribution >= 4 is 5.69 Å². The Hall–Kier alpha value is -1.18. The number of benzene rings is 1. The summed E-state index contributed by atoms with van der Waals surface area (Å²) in [6, 6.07) is 6.01. The molecule has 88 valence electrons. The molecule has 0 radical (unpaired) electrons. The fourth-order valence-electron chi connectivity index (χ4n) is 2.30. The zero-order chi connectivity index (χ0) is 11.5. The van der Waals surface area contributed by atoms with E-state index in [1.807, 2.05) is 19.1 Å². The van der Waals surface area contributed by atoms with Gasteiger partial charge in [-0.05, 0) is 56.2 Å². The van der Waals surface area contributed by atoms with Crippen molar-refractivity contribution in [2.45, 2.75) is 45.6 Å². The molecule has 0 aromatic heterocycles. The molecule has 0 saturated heterocycles. The first-order chi connectivity index (χ1) is 7.65. The van der Waals surface area contributed by atoms with Gasteiger partial charge in [-0.2, -0.15) is 0 Å². The third-order valence-corrected chi connectivity index (χ3v) is 3.42. The van der Waals surface area contributed by atoms with Gasteiger partial charge in [0, 0.05) is 0 Å². The van der Waals surface area contributed by atoms with Gasteiger partial charge in [0.2, 0.25) is 0 Å². The average Bonchev–Trinajstić information content (AvgIpc) is 2.25. The van der Waals surface area contributed by atoms with E-state index in [0.717, 1.165) is 30.2 Å². The van der Waals surface area contributed by atoms with Crippen LogP contribution in [0, 0.1) is 12.8 Å². The van der Waals surface area contributed by atoms with Gasteiger partial charge in [-0.3, -0.25) is 0 Å². The maximum Gasteiger partial charge on any atom is 0.142 e. The highest BCUT2D eigenvalue weighted by atomic mass is 16.5. The first-order valence-electron chi connectivity index (χ1n) is 6.18. The van der Waals surface area contributed by atoms with Gasteiger partial charge >= 0.3 is 0 Å². The lowest BCUT2D eigenvalue weighted by Crippen LogP contribution is -2.23. The maximum absolute atomic E-state index is 5.96. The van der Waals surface area contributed by atoms with Crippen LogP contribution in [0.3, 0.4) is 0 Å². The van der Waals surface area contributed by atoms with Crippen molar-refractivity contribution in [1.82, 2.24) is 0 Å². The zero-order valence-corrected chi connectivity index (χ0v) is 10.2. The quantitative estimate of drug-likeness (QED) is 0.772. The van der Waals surface area contributed by atoms with E-state index in [9.17, 15) is 0 Å². The number of ether oxygens (including phenoxy) is 1. The van der Waals surface area contributed by atoms with E-state index in [1.54, 1.807) is 0 Å². The Balaban J connectivity index is 1.98. The Kier molecular flexibility index (Phi) is 3.37. The number of nitrogen functional groups attached to an aromatic ring is 1. The van der Waals surface area contributed by atoms with Crippen molar-refractivity contribution in [3.8, 4) is 5.75 Å². The van der Waals surface area contributed by atoms with Crippen molar-refractivity contribution in [2.24, 2.45) is 5.92 Å². The molecule has 1 saturated carbocycles. The molecule has 0 heterocycles. The maximum atomic E-state index is 5.96. The summed E-state index contributed by atoms with van der Waals surface area (Å²) >= 11 is 0. The van der Waals surface area contributed by atoms with E-state index in [1.165, 1.54) is 18.4 Å². The first-order valence-corrected chi connectivity index (χ1v) is 6.18. The molecule has 1 aromatic rings. The topological polar surface area (TPSA) is 35.2 Å². The van der Waals surface area contributed by atoms with Crippen molar-refractivity contribution in [3.63, 3.8) is 0 Å². The van der Waals surface area contributed by atoms with E-state index in [0.29, 0.717) is 6.10 Å². The fourth-order valence-corrected chi connectivity index (χ4v) is 2.30. The molecule has 2 rings (SSSR count). The summed E-state index contributed by atoms with van der Waals surface area (Å²) in [6.45, 7) is 4.36. The van der Waals surface area contributed by atoms with Crippen LogP contribution in [-0.4, -0.2) is 6.10 Å². The average molecular weight is 219 g/mol. The summed E-state index contributed by atoms with van der Waals surface area (Å²) in [5, 5.41) is 0. The van der Waals surface area contributed by atoms with Gasteiger partial charge in [0.15, 0.2) is 0 Å². The third-order valence-electron chi connectivity index (χ3n) is 3.42. The van der Waals surface area contributed by atoms with Gasteiger partial charge in [-0.15, -0.1) is 0 Å². The number of anilines is 1. The van der Waals surface area contributed by atoms with Crippen molar-refractivity contribution in [3.05, 3.63) is 23.8 Å². The minimum absolute atomic E-state index is 0.362. The van der Waals surface area contributed by atoms with Gasteiger partial charge in [-0.25, -0.2) is 0 Å². The van der Waals surface area contributed by atoms with E-state index >= 15 is 0 Å². The van der Waals surface area contributed by atoms with Crippen LogP contribution in [-0.2, 0) is 0 Å². The lowest BCUT2D eigenvalue weighted by atomic mass is 9.89. The van der Waals surface area contributed by atoms with E-state index in [-0.39, 0.29) is 0 Å². The third kappa shape index (κ3) is 2.69. The second-order valence-corrected chi connectivity index (χ2v) is 5.04. The van der Waals surface area contributed by atoms with Crippen LogP contribution in [0.1, 0.15) is 38.2 Å². The van der Waals surface area contributed by atoms with Crippen LogP contribution in [0.15, 0.2) is 18.2 Å². The van der Waals surface area contributed by atoms with E-state index in [2.05, 4.69) is 13.0 Å². The normalized spacial score (nSPS) is 25.4. The predicted molar refractivity (Wildman–Crippen MR) is 67.6 cm³/mol. The van der Waals surface area contributed by atoms with Crippen LogP contribution < -0.4 is 10.5 Å². The van der Waals surface area contributed by atoms with Crippen molar-refractivity contribution < 1.29 is 4.74 Å². The molecule has 1 aromatic carbocycles. The largest absolute Gasteiger partial charge is 0.488 e. The summed E-state index contributed by atoms with van der Waals surface area (Å²) in [7, 11) is 0. The SMILES string of the molecule is Cc1ccc(OC2CCC(C)CC2)c(N)c1. The molecule has 16 heavy (non-hydrogen) atoms. The van der Waals surface area contributed by atoms with Gasteiger partial charge in [-0.1, -0.05) is 13.0 Å². The molecule has 1 aliphatic carbocycles. The summed E-state index contributed by atoms with van der Waals surface area (Å²) < 4.78 is 5.96. The molecular weight excluding hydrogens is 198 g/mol. The number of aryl methyl sites for hydroxylation is 1. The highest BCUT2D eigenvalue weighted by molar-refractivity contribution is 5.54. The number of hydrogen-bond acceptors (Lipinski definition) is 2. The number of rotatable bonds is 2. The van der Waals surface area contributed by atoms with Crippen LogP contribution in [0.5, 0.6) is 5.75 Å². The molecule has 2 nitrogen and oxygen atoms in total. The molecule has 0 spiro atoms. The monoisotopic (exact) mass is 219 g/mol. The van der Waals surface area contributed by atoms with E-state index in [4.69, 9.17) is 10.5 Å². The molecule has 0 bridgehead atoms. The summed E-state index contributed by atoms with van der Waals surface area (Å²) in [4.78, 5) is 0. The van der Waals surface area contributed by atoms with Crippen LogP contribution >= 0.6 is 0 Å². The van der Waals surface area contributed by atoms with Crippen LogP contribution in [0.4, 0.5) is 5.69 Å². The standard InChI is InChI=1S/C14H21NO/c1-10-3-6-12(7-4-10)16-14-8-5-11(2)9-13(14)15/h5,8-10,12H,3-4,6-7,15H2,1-2H3. The minimum Gasteiger partial charge on any atom is -0.488 e. The zero-order valence-electron chi connectivity index (χ0n) is 10.2. The second kappa shape index (κ2) is 4.77. The minimum atomic E-state index is 0.362. The Morgan fingerprint density at radius 1 is 1.19 bits per heavy atom. The van der Waals surface area contributed by atoms with Crippen LogP contribution in [0.25, 0.3) is 0 Å². The summed E-state index contributed by atoms with van der Waals surface area (Å²) in [5.74, 6) is 1.71. The van der Waals surface area contributed by atoms with E-state index < -0.39 is 0 Å². The van der Waals surface area contributed by atoms with Gasteiger partial charge in [0.05, 0.1) is 11.8 Å².